The molecule has 0 spiro atoms. The molecule has 0 nitrogen and oxygen atoms in total. The summed E-state index contributed by atoms with van der Waals surface area (Å²) in [5.41, 5.74) is 0. The molecule has 5 rings (SSSR count). The van der Waals surface area contributed by atoms with E-state index in [9.17, 15) is 0 Å². The highest BCUT2D eigenvalue weighted by Crippen LogP contribution is 2.23. The van der Waals surface area contributed by atoms with Gasteiger partial charge in [-0.15, -0.1) is 0 Å². The number of hydrogen-bond donors (Lipinski definition) is 0. The molecule has 5 aromatic carbocycles. The zero-order valence-electron chi connectivity index (χ0n) is 15.7. The first-order chi connectivity index (χ1) is 13.8. The monoisotopic (exact) mass is 356 g/mol. The van der Waals surface area contributed by atoms with Crippen LogP contribution in [0.4, 0.5) is 0 Å². The number of hydrogen-bond acceptors (Lipinski definition) is 0. The Morgan fingerprint density at radius 2 is 0.464 bits per heavy atom. The Morgan fingerprint density at radius 1 is 0.286 bits per heavy atom. The second-order valence-electron chi connectivity index (χ2n) is 7.14. The number of benzene rings is 4. The van der Waals surface area contributed by atoms with Crippen LogP contribution in [-0.4, -0.2) is 0 Å². The molecule has 0 radical (unpaired) electrons. The van der Waals surface area contributed by atoms with Gasteiger partial charge in [0.1, 0.15) is 0 Å². The Kier molecular flexibility index (Phi) is 3.84. The minimum Gasteiger partial charge on any atom is -0.0905 e. The lowest BCUT2D eigenvalue weighted by Gasteiger charge is -2.06. The molecular formula is C28H20. The zero-order valence-corrected chi connectivity index (χ0v) is 15.7. The van der Waals surface area contributed by atoms with Crippen molar-refractivity contribution in [2.75, 3.05) is 0 Å². The van der Waals surface area contributed by atoms with E-state index < -0.39 is 0 Å². The Balaban J connectivity index is 2.32. The summed E-state index contributed by atoms with van der Waals surface area (Å²) in [6, 6.07) is 34.1. The maximum absolute atomic E-state index is 4.51. The van der Waals surface area contributed by atoms with E-state index in [2.05, 4.69) is 110 Å². The largest absolute Gasteiger partial charge is 0.0905 e. The number of rotatable bonds is 0. The highest BCUT2D eigenvalue weighted by molar-refractivity contribution is 6.12. The third-order valence-corrected chi connectivity index (χ3v) is 5.59. The standard InChI is InChI=1S/C28H20/c1-19-21-11-3-7-15-25(21)27-17-9-5-13-23(27)20(2)24-14-6-10-18-28(24)26-16-8-4-12-22(19)26/h3-18H,1-2H2. The van der Waals surface area contributed by atoms with Crippen molar-refractivity contribution in [1.29, 1.82) is 0 Å². The van der Waals surface area contributed by atoms with Gasteiger partial charge in [-0.1, -0.05) is 110 Å². The summed E-state index contributed by atoms with van der Waals surface area (Å²) in [5, 5.41) is 11.5. The SMILES string of the molecule is C=c1c2ccccc2c2ccccc2c(=C)c2ccccc2c2ccccc12. The molecule has 0 unspecified atom stereocenters. The van der Waals surface area contributed by atoms with Gasteiger partial charge in [0.05, 0.1) is 0 Å². The van der Waals surface area contributed by atoms with Crippen molar-refractivity contribution in [1.82, 2.24) is 0 Å². The van der Waals surface area contributed by atoms with E-state index in [0.29, 0.717) is 0 Å². The first-order valence-corrected chi connectivity index (χ1v) is 9.52. The molecule has 0 fully saturated rings. The van der Waals surface area contributed by atoms with Crippen LogP contribution in [0.15, 0.2) is 97.1 Å². The molecular weight excluding hydrogens is 336 g/mol. The first kappa shape index (κ1) is 16.5. The normalized spacial score (nSPS) is 11.1. The van der Waals surface area contributed by atoms with Gasteiger partial charge in [-0.05, 0) is 53.5 Å². The molecule has 0 bridgehead atoms. The molecule has 5 aromatic rings. The predicted molar refractivity (Wildman–Crippen MR) is 124 cm³/mol. The Morgan fingerprint density at radius 3 is 0.679 bits per heavy atom. The lowest BCUT2D eigenvalue weighted by molar-refractivity contribution is 1.73. The van der Waals surface area contributed by atoms with Crippen LogP contribution in [0.3, 0.4) is 0 Å². The molecule has 28 heavy (non-hydrogen) atoms. The first-order valence-electron chi connectivity index (χ1n) is 9.52. The topological polar surface area (TPSA) is 0 Å². The molecule has 0 heterocycles. The van der Waals surface area contributed by atoms with Crippen LogP contribution in [-0.2, 0) is 0 Å². The van der Waals surface area contributed by atoms with Crippen LogP contribution in [0.25, 0.3) is 56.2 Å². The van der Waals surface area contributed by atoms with E-state index in [1.165, 1.54) is 21.5 Å². The molecule has 0 aliphatic rings. The third-order valence-electron chi connectivity index (χ3n) is 5.59. The van der Waals surface area contributed by atoms with Crippen molar-refractivity contribution in [3.8, 4) is 0 Å². The minimum absolute atomic E-state index is 1.04. The minimum atomic E-state index is 1.04. The van der Waals surface area contributed by atoms with Gasteiger partial charge >= 0.3 is 0 Å². The van der Waals surface area contributed by atoms with Crippen molar-refractivity contribution < 1.29 is 0 Å². The molecule has 0 atom stereocenters. The van der Waals surface area contributed by atoms with E-state index in [1.807, 2.05) is 0 Å². The van der Waals surface area contributed by atoms with Gasteiger partial charge < -0.3 is 0 Å². The summed E-state index contributed by atoms with van der Waals surface area (Å²) in [6.07, 6.45) is 0. The molecule has 0 amide bonds. The van der Waals surface area contributed by atoms with Crippen LogP contribution in [0.1, 0.15) is 0 Å². The second kappa shape index (κ2) is 6.51. The van der Waals surface area contributed by atoms with Gasteiger partial charge in [0.25, 0.3) is 0 Å². The van der Waals surface area contributed by atoms with Gasteiger partial charge in [-0.3, -0.25) is 0 Å². The molecule has 0 saturated heterocycles. The van der Waals surface area contributed by atoms with Crippen LogP contribution >= 0.6 is 0 Å². The summed E-state index contributed by atoms with van der Waals surface area (Å²) in [7, 11) is 0. The number of fused-ring (bicyclic) bond motifs is 6. The van der Waals surface area contributed by atoms with Crippen molar-refractivity contribution >= 4 is 56.2 Å². The van der Waals surface area contributed by atoms with Gasteiger partial charge in [0.2, 0.25) is 0 Å². The van der Waals surface area contributed by atoms with Crippen LogP contribution in [0.5, 0.6) is 0 Å². The van der Waals surface area contributed by atoms with Crippen molar-refractivity contribution in [2.45, 2.75) is 0 Å². The van der Waals surface area contributed by atoms with Crippen LogP contribution < -0.4 is 10.4 Å². The van der Waals surface area contributed by atoms with E-state index >= 15 is 0 Å². The lowest BCUT2D eigenvalue weighted by atomic mass is 9.97. The molecule has 0 saturated carbocycles. The average molecular weight is 356 g/mol. The molecule has 0 heteroatoms. The summed E-state index contributed by atoms with van der Waals surface area (Å²) in [6.45, 7) is 9.03. The summed E-state index contributed by atoms with van der Waals surface area (Å²) in [5.74, 6) is 0. The highest BCUT2D eigenvalue weighted by atomic mass is 14.1. The van der Waals surface area contributed by atoms with E-state index in [4.69, 9.17) is 0 Å². The smallest absolute Gasteiger partial charge is 0.00992 e. The van der Waals surface area contributed by atoms with Crippen molar-refractivity contribution in [3.05, 3.63) is 107 Å². The third kappa shape index (κ3) is 2.46. The Labute approximate surface area is 164 Å². The second-order valence-corrected chi connectivity index (χ2v) is 7.14. The Hall–Kier alpha value is -3.64. The lowest BCUT2D eigenvalue weighted by Crippen LogP contribution is -2.03. The van der Waals surface area contributed by atoms with Crippen molar-refractivity contribution in [3.63, 3.8) is 0 Å². The average Bonchev–Trinajstić information content (AvgIpc) is 2.78. The quantitative estimate of drug-likeness (QED) is 0.308. The van der Waals surface area contributed by atoms with E-state index in [0.717, 1.165) is 32.0 Å². The molecule has 0 N–H and O–H groups in total. The van der Waals surface area contributed by atoms with Gasteiger partial charge in [-0.25, -0.2) is 0 Å². The molecule has 0 aliphatic carbocycles. The fraction of sp³-hybridized carbons (Fsp3) is 0. The fourth-order valence-electron chi connectivity index (χ4n) is 4.21. The molecule has 0 aliphatic heterocycles. The highest BCUT2D eigenvalue weighted by Gasteiger charge is 2.04. The summed E-state index contributed by atoms with van der Waals surface area (Å²) >= 11 is 0. The summed E-state index contributed by atoms with van der Waals surface area (Å²) in [4.78, 5) is 0. The van der Waals surface area contributed by atoms with Gasteiger partial charge in [0, 0.05) is 0 Å². The van der Waals surface area contributed by atoms with Crippen LogP contribution in [0, 0.1) is 0 Å². The van der Waals surface area contributed by atoms with Crippen molar-refractivity contribution in [2.24, 2.45) is 0 Å². The molecule has 0 aromatic heterocycles. The molecule has 132 valence electrons. The van der Waals surface area contributed by atoms with Gasteiger partial charge in [-0.2, -0.15) is 0 Å². The van der Waals surface area contributed by atoms with E-state index in [1.54, 1.807) is 0 Å². The van der Waals surface area contributed by atoms with E-state index in [-0.39, 0.29) is 0 Å². The Bertz CT molecular complexity index is 1310. The fourth-order valence-corrected chi connectivity index (χ4v) is 4.21. The maximum Gasteiger partial charge on any atom is -0.00992 e. The zero-order chi connectivity index (χ0) is 19.1. The van der Waals surface area contributed by atoms with Crippen LogP contribution in [0.2, 0.25) is 0 Å². The maximum atomic E-state index is 4.51. The predicted octanol–water partition coefficient (Wildman–Crippen LogP) is 6.24. The van der Waals surface area contributed by atoms with Gasteiger partial charge in [0.15, 0.2) is 0 Å². The summed E-state index contributed by atoms with van der Waals surface area (Å²) < 4.78 is 0.